The van der Waals surface area contributed by atoms with Gasteiger partial charge < -0.3 is 9.47 Å². The van der Waals surface area contributed by atoms with Crippen LogP contribution in [0.1, 0.15) is 15.9 Å². The number of carbonyl (C=O) groups is 1. The summed E-state index contributed by atoms with van der Waals surface area (Å²) in [7, 11) is 1.52. The molecule has 2 rings (SSSR count). The molecule has 98 valence electrons. The zero-order chi connectivity index (χ0) is 13.7. The maximum atomic E-state index is 11.0. The molecule has 0 radical (unpaired) electrons. The largest absolute Gasteiger partial charge is 0.492 e. The highest BCUT2D eigenvalue weighted by molar-refractivity contribution is 9.10. The topological polar surface area (TPSA) is 35.5 Å². The summed E-state index contributed by atoms with van der Waals surface area (Å²) in [5, 5.41) is 0. The van der Waals surface area contributed by atoms with Crippen LogP contribution in [0.5, 0.6) is 11.5 Å². The minimum atomic E-state index is 0.423. The van der Waals surface area contributed by atoms with Crippen LogP contribution >= 0.6 is 15.9 Å². The van der Waals surface area contributed by atoms with E-state index in [1.165, 1.54) is 7.11 Å². The number of ether oxygens (including phenoxy) is 2. The van der Waals surface area contributed by atoms with E-state index < -0.39 is 0 Å². The van der Waals surface area contributed by atoms with E-state index in [2.05, 4.69) is 15.9 Å². The van der Waals surface area contributed by atoms with Gasteiger partial charge in [0.2, 0.25) is 0 Å². The molecule has 0 atom stereocenters. The molecule has 0 aromatic heterocycles. The third-order valence-corrected chi connectivity index (χ3v) is 3.07. The van der Waals surface area contributed by atoms with Crippen LogP contribution in [0, 0.1) is 0 Å². The fourth-order valence-corrected chi connectivity index (χ4v) is 2.19. The molecule has 3 nitrogen and oxygen atoms in total. The number of halogens is 1. The number of carbonyl (C=O) groups excluding carboxylic acids is 1. The first-order valence-corrected chi connectivity index (χ1v) is 6.53. The fraction of sp³-hybridized carbons (Fsp3) is 0.133. The first-order valence-electron chi connectivity index (χ1n) is 5.74. The highest BCUT2D eigenvalue weighted by atomic mass is 79.9. The number of benzene rings is 2. The average molecular weight is 321 g/mol. The van der Waals surface area contributed by atoms with E-state index in [1.54, 1.807) is 12.1 Å². The van der Waals surface area contributed by atoms with Crippen molar-refractivity contribution in [2.24, 2.45) is 0 Å². The van der Waals surface area contributed by atoms with Crippen molar-refractivity contribution in [3.05, 3.63) is 58.1 Å². The predicted octanol–water partition coefficient (Wildman–Crippen LogP) is 3.85. The van der Waals surface area contributed by atoms with E-state index in [9.17, 15) is 4.79 Å². The maximum absolute atomic E-state index is 11.0. The van der Waals surface area contributed by atoms with Crippen LogP contribution in [0.2, 0.25) is 0 Å². The molecular weight excluding hydrogens is 308 g/mol. The Bertz CT molecular complexity index is 567. The Balaban J connectivity index is 2.24. The number of rotatable bonds is 5. The van der Waals surface area contributed by atoms with Crippen molar-refractivity contribution in [2.75, 3.05) is 7.11 Å². The van der Waals surface area contributed by atoms with E-state index in [4.69, 9.17) is 9.47 Å². The Labute approximate surface area is 120 Å². The second-order valence-electron chi connectivity index (χ2n) is 3.92. The standard InChI is InChI=1S/C15H13BrO3/c1-18-15-12(9-17)7-13(16)8-14(15)19-10-11-5-3-2-4-6-11/h2-9H,10H2,1H3. The summed E-state index contributed by atoms with van der Waals surface area (Å²) in [6.45, 7) is 0.423. The highest BCUT2D eigenvalue weighted by Crippen LogP contribution is 2.34. The van der Waals surface area contributed by atoms with Gasteiger partial charge in [0.25, 0.3) is 0 Å². The number of hydrogen-bond donors (Lipinski definition) is 0. The van der Waals surface area contributed by atoms with Gasteiger partial charge in [-0.15, -0.1) is 0 Å². The molecule has 0 bridgehead atoms. The lowest BCUT2D eigenvalue weighted by Gasteiger charge is -2.13. The lowest BCUT2D eigenvalue weighted by molar-refractivity contribution is 0.111. The molecule has 0 spiro atoms. The minimum Gasteiger partial charge on any atom is -0.492 e. The molecule has 0 heterocycles. The summed E-state index contributed by atoms with van der Waals surface area (Å²) in [4.78, 5) is 11.0. The van der Waals surface area contributed by atoms with Crippen LogP contribution < -0.4 is 9.47 Å². The molecule has 19 heavy (non-hydrogen) atoms. The van der Waals surface area contributed by atoms with Gasteiger partial charge in [-0.3, -0.25) is 4.79 Å². The monoisotopic (exact) mass is 320 g/mol. The van der Waals surface area contributed by atoms with Gasteiger partial charge in [0.15, 0.2) is 17.8 Å². The first-order chi connectivity index (χ1) is 9.24. The minimum absolute atomic E-state index is 0.423. The second-order valence-corrected chi connectivity index (χ2v) is 4.83. The molecule has 0 aliphatic heterocycles. The summed E-state index contributed by atoms with van der Waals surface area (Å²) in [6, 6.07) is 13.3. The second kappa shape index (κ2) is 6.38. The van der Waals surface area contributed by atoms with E-state index in [0.717, 1.165) is 16.3 Å². The van der Waals surface area contributed by atoms with Gasteiger partial charge in [0.05, 0.1) is 12.7 Å². The average Bonchev–Trinajstić information content (AvgIpc) is 2.45. The quantitative estimate of drug-likeness (QED) is 0.785. The first kappa shape index (κ1) is 13.6. The Morgan fingerprint density at radius 1 is 1.21 bits per heavy atom. The zero-order valence-electron chi connectivity index (χ0n) is 10.4. The normalized spacial score (nSPS) is 10.0. The molecule has 2 aromatic carbocycles. The maximum Gasteiger partial charge on any atom is 0.171 e. The van der Waals surface area contributed by atoms with Crippen LogP contribution in [0.4, 0.5) is 0 Å². The number of methoxy groups -OCH3 is 1. The Morgan fingerprint density at radius 2 is 1.95 bits per heavy atom. The highest BCUT2D eigenvalue weighted by Gasteiger charge is 2.12. The molecule has 0 saturated heterocycles. The number of hydrogen-bond acceptors (Lipinski definition) is 3. The third-order valence-electron chi connectivity index (χ3n) is 2.62. The van der Waals surface area contributed by atoms with Crippen molar-refractivity contribution in [1.29, 1.82) is 0 Å². The van der Waals surface area contributed by atoms with E-state index in [0.29, 0.717) is 23.7 Å². The van der Waals surface area contributed by atoms with Gasteiger partial charge in [-0.1, -0.05) is 46.3 Å². The van der Waals surface area contributed by atoms with Crippen molar-refractivity contribution in [1.82, 2.24) is 0 Å². The van der Waals surface area contributed by atoms with E-state index >= 15 is 0 Å². The molecule has 0 unspecified atom stereocenters. The van der Waals surface area contributed by atoms with Gasteiger partial charge in [-0.25, -0.2) is 0 Å². The van der Waals surface area contributed by atoms with Gasteiger partial charge in [0.1, 0.15) is 6.61 Å². The zero-order valence-corrected chi connectivity index (χ0v) is 12.0. The van der Waals surface area contributed by atoms with Crippen molar-refractivity contribution >= 4 is 22.2 Å². The van der Waals surface area contributed by atoms with Crippen molar-refractivity contribution in [3.63, 3.8) is 0 Å². The Hall–Kier alpha value is -1.81. The molecule has 4 heteroatoms. The van der Waals surface area contributed by atoms with Gasteiger partial charge >= 0.3 is 0 Å². The van der Waals surface area contributed by atoms with Crippen LogP contribution in [-0.2, 0) is 6.61 Å². The molecule has 0 fully saturated rings. The molecule has 0 aliphatic rings. The molecule has 0 saturated carbocycles. The van der Waals surface area contributed by atoms with Crippen LogP contribution in [0.15, 0.2) is 46.9 Å². The lowest BCUT2D eigenvalue weighted by atomic mass is 10.2. The Morgan fingerprint density at radius 3 is 2.58 bits per heavy atom. The predicted molar refractivity (Wildman–Crippen MR) is 76.9 cm³/mol. The van der Waals surface area contributed by atoms with E-state index in [1.807, 2.05) is 30.3 Å². The lowest BCUT2D eigenvalue weighted by Crippen LogP contribution is -2.00. The molecular formula is C15H13BrO3. The van der Waals surface area contributed by atoms with Crippen LogP contribution in [-0.4, -0.2) is 13.4 Å². The molecule has 2 aromatic rings. The summed E-state index contributed by atoms with van der Waals surface area (Å²) in [5.74, 6) is 0.997. The SMILES string of the molecule is COc1c(C=O)cc(Br)cc1OCc1ccccc1. The van der Waals surface area contributed by atoms with Crippen molar-refractivity contribution < 1.29 is 14.3 Å². The van der Waals surface area contributed by atoms with Gasteiger partial charge in [-0.2, -0.15) is 0 Å². The molecule has 0 amide bonds. The van der Waals surface area contributed by atoms with Crippen molar-refractivity contribution in [2.45, 2.75) is 6.61 Å². The fourth-order valence-electron chi connectivity index (χ4n) is 1.74. The molecule has 0 N–H and O–H groups in total. The Kier molecular flexibility index (Phi) is 4.58. The van der Waals surface area contributed by atoms with Crippen LogP contribution in [0.25, 0.3) is 0 Å². The van der Waals surface area contributed by atoms with Crippen molar-refractivity contribution in [3.8, 4) is 11.5 Å². The summed E-state index contributed by atoms with van der Waals surface area (Å²) in [6.07, 6.45) is 0.749. The number of aldehydes is 1. The summed E-state index contributed by atoms with van der Waals surface area (Å²) < 4.78 is 11.7. The van der Waals surface area contributed by atoms with Crippen LogP contribution in [0.3, 0.4) is 0 Å². The molecule has 0 aliphatic carbocycles. The third kappa shape index (κ3) is 3.35. The summed E-state index contributed by atoms with van der Waals surface area (Å²) >= 11 is 3.35. The summed E-state index contributed by atoms with van der Waals surface area (Å²) in [5.41, 5.74) is 1.51. The van der Waals surface area contributed by atoms with E-state index in [-0.39, 0.29) is 0 Å². The van der Waals surface area contributed by atoms with Gasteiger partial charge in [0, 0.05) is 4.47 Å². The van der Waals surface area contributed by atoms with Gasteiger partial charge in [-0.05, 0) is 17.7 Å². The smallest absolute Gasteiger partial charge is 0.171 e.